The predicted molar refractivity (Wildman–Crippen MR) is 237 cm³/mol. The molecule has 0 saturated heterocycles. The van der Waals surface area contributed by atoms with E-state index in [9.17, 15) is 0 Å². The number of aromatic nitrogens is 3. The Kier molecular flexibility index (Phi) is 10.5. The molecule has 0 N–H and O–H groups in total. The van der Waals surface area contributed by atoms with E-state index in [1.54, 1.807) is 0 Å². The van der Waals surface area contributed by atoms with Crippen LogP contribution in [0.4, 0.5) is 22.9 Å². The van der Waals surface area contributed by atoms with Crippen LogP contribution in [0, 0.1) is 18.8 Å². The van der Waals surface area contributed by atoms with E-state index in [4.69, 9.17) is 14.7 Å². The summed E-state index contributed by atoms with van der Waals surface area (Å²) in [5.41, 5.74) is 9.90. The second-order valence-electron chi connectivity index (χ2n) is 19.5. The molecule has 4 aromatic carbocycles. The fourth-order valence-corrected chi connectivity index (χ4v) is 7.44. The van der Waals surface area contributed by atoms with Crippen molar-refractivity contribution in [1.29, 1.82) is 0 Å². The zero-order chi connectivity index (χ0) is 40.7. The van der Waals surface area contributed by atoms with Crippen LogP contribution in [0.3, 0.4) is 0 Å². The van der Waals surface area contributed by atoms with Gasteiger partial charge in [-0.3, -0.25) is 0 Å². The Morgan fingerprint density at radius 2 is 1.19 bits per heavy atom. The molecule has 0 amide bonds. The van der Waals surface area contributed by atoms with Gasteiger partial charge in [0.2, 0.25) is 0 Å². The molecule has 0 spiro atoms. The zero-order valence-corrected chi connectivity index (χ0v) is 38.1. The maximum absolute atomic E-state index is 6.62. The minimum absolute atomic E-state index is 0. The zero-order valence-electron chi connectivity index (χ0n) is 35.9. The number of ether oxygens (including phenoxy) is 1. The van der Waals surface area contributed by atoms with E-state index in [0.717, 1.165) is 50.5 Å². The first kappa shape index (κ1) is 41.2. The van der Waals surface area contributed by atoms with Crippen LogP contribution in [0.15, 0.2) is 103 Å². The Bertz CT molecular complexity index is 2620. The van der Waals surface area contributed by atoms with Gasteiger partial charge in [-0.05, 0) is 91.8 Å². The van der Waals surface area contributed by atoms with Crippen LogP contribution in [0.1, 0.15) is 105 Å². The van der Waals surface area contributed by atoms with Crippen molar-refractivity contribution < 1.29 is 25.8 Å². The van der Waals surface area contributed by atoms with E-state index in [2.05, 4.69) is 183 Å². The summed E-state index contributed by atoms with van der Waals surface area (Å²) in [4.78, 5) is 14.1. The first-order valence-electron chi connectivity index (χ1n) is 20.0. The monoisotopic (exact) mass is 947 g/mol. The summed E-state index contributed by atoms with van der Waals surface area (Å²) in [6.45, 7) is 29.2. The SMILES string of the molecule is CC(C)(C)c1cc(N2[CH-]N(c3[c-]c(Oc4[c-]c5c(cc4)c4ccc(C(C)(C)C)cc4n5-c4cc(C(C)(C)C)ccn4)ccc3)c3cccnc32)cc(C(C)(C)C)c1.[Pt]. The summed E-state index contributed by atoms with van der Waals surface area (Å²) >= 11 is 0. The molecule has 1 aliphatic heterocycles. The first-order chi connectivity index (χ1) is 26.8. The van der Waals surface area contributed by atoms with Crippen molar-refractivity contribution in [3.63, 3.8) is 0 Å². The maximum atomic E-state index is 6.62. The number of pyridine rings is 2. The average molecular weight is 948 g/mol. The van der Waals surface area contributed by atoms with E-state index in [1.165, 1.54) is 22.3 Å². The Labute approximate surface area is 359 Å². The van der Waals surface area contributed by atoms with Gasteiger partial charge < -0.3 is 19.1 Å². The fourth-order valence-electron chi connectivity index (χ4n) is 7.44. The second-order valence-corrected chi connectivity index (χ2v) is 19.5. The summed E-state index contributed by atoms with van der Waals surface area (Å²) < 4.78 is 8.86. The van der Waals surface area contributed by atoms with Gasteiger partial charge in [-0.2, -0.15) is 12.1 Å². The molecule has 0 aliphatic carbocycles. The third kappa shape index (κ3) is 7.81. The van der Waals surface area contributed by atoms with Gasteiger partial charge in [0.05, 0.1) is 5.69 Å². The van der Waals surface area contributed by atoms with Crippen LogP contribution in [-0.4, -0.2) is 14.5 Å². The third-order valence-corrected chi connectivity index (χ3v) is 11.0. The molecule has 4 heterocycles. The molecule has 6 nitrogen and oxygen atoms in total. The molecule has 58 heavy (non-hydrogen) atoms. The predicted octanol–water partition coefficient (Wildman–Crippen LogP) is 13.6. The molecule has 3 aromatic heterocycles. The van der Waals surface area contributed by atoms with Gasteiger partial charge in [-0.25, -0.2) is 9.97 Å². The van der Waals surface area contributed by atoms with Crippen molar-refractivity contribution in [2.45, 2.75) is 105 Å². The van der Waals surface area contributed by atoms with E-state index in [-0.39, 0.29) is 42.7 Å². The van der Waals surface area contributed by atoms with Crippen molar-refractivity contribution in [2.24, 2.45) is 0 Å². The van der Waals surface area contributed by atoms with E-state index in [0.29, 0.717) is 11.5 Å². The Hall–Kier alpha value is -4.93. The molecular formula is C51H54N5OPt-3. The molecule has 1 aliphatic rings. The van der Waals surface area contributed by atoms with E-state index < -0.39 is 0 Å². The maximum Gasteiger partial charge on any atom is 0.135 e. The van der Waals surface area contributed by atoms with Crippen molar-refractivity contribution in [2.75, 3.05) is 9.80 Å². The summed E-state index contributed by atoms with van der Waals surface area (Å²) in [5.74, 6) is 2.93. The summed E-state index contributed by atoms with van der Waals surface area (Å²) in [6, 6.07) is 39.5. The Balaban J connectivity index is 0.00000512. The van der Waals surface area contributed by atoms with E-state index >= 15 is 0 Å². The molecule has 8 rings (SSSR count). The molecular weight excluding hydrogens is 894 g/mol. The molecule has 0 unspecified atom stereocenters. The van der Waals surface area contributed by atoms with Gasteiger partial charge in [0.25, 0.3) is 0 Å². The number of hydrogen-bond donors (Lipinski definition) is 0. The first-order valence-corrected chi connectivity index (χ1v) is 20.0. The normalized spacial score (nSPS) is 13.6. The van der Waals surface area contributed by atoms with Crippen molar-refractivity contribution in [1.82, 2.24) is 14.5 Å². The molecule has 7 aromatic rings. The van der Waals surface area contributed by atoms with E-state index in [1.807, 2.05) is 36.7 Å². The Morgan fingerprint density at radius 3 is 1.86 bits per heavy atom. The van der Waals surface area contributed by atoms with Crippen molar-refractivity contribution in [3.8, 4) is 17.3 Å². The molecule has 7 heteroatoms. The van der Waals surface area contributed by atoms with Crippen LogP contribution >= 0.6 is 0 Å². The van der Waals surface area contributed by atoms with Gasteiger partial charge in [-0.1, -0.05) is 107 Å². The minimum Gasteiger partial charge on any atom is -0.509 e. The van der Waals surface area contributed by atoms with Gasteiger partial charge in [0, 0.05) is 56.2 Å². The van der Waals surface area contributed by atoms with Crippen molar-refractivity contribution in [3.05, 3.63) is 144 Å². The number of fused-ring (bicyclic) bond motifs is 4. The number of hydrogen-bond acceptors (Lipinski definition) is 5. The van der Waals surface area contributed by atoms with Gasteiger partial charge in [0.15, 0.2) is 0 Å². The van der Waals surface area contributed by atoms with Crippen LogP contribution < -0.4 is 14.5 Å². The fraction of sp³-hybridized carbons (Fsp3) is 0.314. The van der Waals surface area contributed by atoms with Crippen LogP contribution in [0.25, 0.3) is 27.6 Å². The summed E-state index contributed by atoms with van der Waals surface area (Å²) in [7, 11) is 0. The molecule has 0 saturated carbocycles. The number of anilines is 4. The van der Waals surface area contributed by atoms with Gasteiger partial charge >= 0.3 is 0 Å². The number of benzene rings is 4. The van der Waals surface area contributed by atoms with Crippen LogP contribution in [0.2, 0.25) is 0 Å². The van der Waals surface area contributed by atoms with Gasteiger partial charge in [-0.15, -0.1) is 48.1 Å². The largest absolute Gasteiger partial charge is 0.509 e. The third-order valence-electron chi connectivity index (χ3n) is 11.0. The molecule has 0 bridgehead atoms. The summed E-state index contributed by atoms with van der Waals surface area (Å²) in [5, 5.41) is 2.25. The minimum atomic E-state index is -0.0297. The quantitative estimate of drug-likeness (QED) is 0.161. The molecule has 0 atom stereocenters. The average Bonchev–Trinajstić information content (AvgIpc) is 3.69. The Morgan fingerprint density at radius 1 is 0.552 bits per heavy atom. The molecule has 0 radical (unpaired) electrons. The smallest absolute Gasteiger partial charge is 0.135 e. The van der Waals surface area contributed by atoms with Crippen LogP contribution in [0.5, 0.6) is 11.5 Å². The summed E-state index contributed by atoms with van der Waals surface area (Å²) in [6.07, 6.45) is 3.77. The second kappa shape index (κ2) is 14.7. The standard InChI is InChI=1S/C51H54N5O.Pt/c1-48(2,3)33-18-20-41-42-21-19-40(31-45(42)56(44(41)28-33)46-29-34(22-24-52-46)49(4,5)6)57-39-16-13-15-37(30-39)54-32-55(47-43(54)17-14-23-53-47)38-26-35(50(7,8)9)25-36(27-38)51(10,11)12;/h13-29,32H,1-12H3;/q-3;. The number of rotatable bonds is 5. The van der Waals surface area contributed by atoms with Crippen molar-refractivity contribution >= 4 is 44.7 Å². The molecule has 302 valence electrons. The topological polar surface area (TPSA) is 46.4 Å². The number of nitrogens with zero attached hydrogens (tertiary/aromatic N) is 5. The van der Waals surface area contributed by atoms with Gasteiger partial charge in [0.1, 0.15) is 11.6 Å². The van der Waals surface area contributed by atoms with Crippen LogP contribution in [-0.2, 0) is 42.7 Å². The molecule has 0 fully saturated rings.